The van der Waals surface area contributed by atoms with Crippen molar-refractivity contribution in [2.45, 2.75) is 18.8 Å². The van der Waals surface area contributed by atoms with Crippen molar-refractivity contribution in [1.82, 2.24) is 10.2 Å². The molecule has 0 saturated carbocycles. The number of hydrogen-bond donors (Lipinski definition) is 2. The molecule has 0 bridgehead atoms. The Kier molecular flexibility index (Phi) is 9.13. The van der Waals surface area contributed by atoms with Crippen molar-refractivity contribution >= 4 is 18.3 Å². The van der Waals surface area contributed by atoms with E-state index >= 15 is 0 Å². The summed E-state index contributed by atoms with van der Waals surface area (Å²) in [5, 5.41) is 13.1. The molecule has 0 spiro atoms. The molecule has 130 valence electrons. The summed E-state index contributed by atoms with van der Waals surface area (Å²) in [4.78, 5) is 13.6. The van der Waals surface area contributed by atoms with Crippen molar-refractivity contribution in [3.05, 3.63) is 35.9 Å². The third-order valence-electron chi connectivity index (χ3n) is 3.49. The van der Waals surface area contributed by atoms with Gasteiger partial charge in [0.15, 0.2) is 0 Å². The van der Waals surface area contributed by atoms with Gasteiger partial charge in [-0.15, -0.1) is 12.4 Å². The largest absolute Gasteiger partial charge is 0.389 e. The van der Waals surface area contributed by atoms with Crippen molar-refractivity contribution in [1.29, 1.82) is 0 Å². The molecule has 0 radical (unpaired) electrons. The van der Waals surface area contributed by atoms with Crippen LogP contribution in [-0.2, 0) is 20.9 Å². The van der Waals surface area contributed by atoms with Gasteiger partial charge in [-0.25, -0.2) is 0 Å². The Labute approximate surface area is 143 Å². The fraction of sp³-hybridized carbons (Fsp3) is 0.562. The summed E-state index contributed by atoms with van der Waals surface area (Å²) in [7, 11) is 1.67. The summed E-state index contributed by atoms with van der Waals surface area (Å²) in [6.07, 6.45) is -1.18. The lowest BCUT2D eigenvalue weighted by Crippen LogP contribution is -2.50. The second-order valence-corrected chi connectivity index (χ2v) is 5.44. The van der Waals surface area contributed by atoms with Crippen LogP contribution in [0.25, 0.3) is 0 Å². The Balaban J connectivity index is 0.00000264. The maximum Gasteiger partial charge on any atom is 0.252 e. The van der Waals surface area contributed by atoms with Gasteiger partial charge in [0, 0.05) is 26.7 Å². The third-order valence-corrected chi connectivity index (χ3v) is 3.49. The Morgan fingerprint density at radius 1 is 1.48 bits per heavy atom. The first-order valence-corrected chi connectivity index (χ1v) is 7.54. The minimum atomic E-state index is -0.714. The molecule has 1 fully saturated rings. The topological polar surface area (TPSA) is 71.0 Å². The number of amides is 1. The predicted octanol–water partition coefficient (Wildman–Crippen LogP) is 0.433. The minimum Gasteiger partial charge on any atom is -0.389 e. The van der Waals surface area contributed by atoms with Crippen molar-refractivity contribution in [2.75, 3.05) is 39.9 Å². The van der Waals surface area contributed by atoms with Crippen LogP contribution in [0.5, 0.6) is 0 Å². The van der Waals surface area contributed by atoms with E-state index in [4.69, 9.17) is 9.47 Å². The van der Waals surface area contributed by atoms with Gasteiger partial charge in [-0.05, 0) is 5.56 Å². The molecule has 23 heavy (non-hydrogen) atoms. The van der Waals surface area contributed by atoms with E-state index in [9.17, 15) is 9.90 Å². The number of aliphatic hydroxyl groups excluding tert-OH is 1. The molecule has 2 N–H and O–H groups in total. The highest BCUT2D eigenvalue weighted by molar-refractivity contribution is 5.85. The molecule has 2 rings (SSSR count). The standard InChI is InChI=1S/C16H24N2O4.ClH/c1-18(16(20)15-9-17-7-8-22-15)10-14(19)12-21-11-13-5-3-2-4-6-13;/h2-6,14-15,17,19H,7-12H2,1H3;1H. The van der Waals surface area contributed by atoms with Gasteiger partial charge in [-0.3, -0.25) is 4.79 Å². The molecule has 7 heteroatoms. The summed E-state index contributed by atoms with van der Waals surface area (Å²) >= 11 is 0. The van der Waals surface area contributed by atoms with E-state index in [1.54, 1.807) is 7.05 Å². The number of nitrogens with one attached hydrogen (secondary N) is 1. The van der Waals surface area contributed by atoms with E-state index < -0.39 is 12.2 Å². The fourth-order valence-corrected chi connectivity index (χ4v) is 2.32. The molecule has 2 unspecified atom stereocenters. The van der Waals surface area contributed by atoms with Gasteiger partial charge in [0.05, 0.1) is 25.9 Å². The molecule has 0 aromatic heterocycles. The molecule has 1 amide bonds. The van der Waals surface area contributed by atoms with Crippen LogP contribution in [0.15, 0.2) is 30.3 Å². The maximum atomic E-state index is 12.1. The molecule has 2 atom stereocenters. The number of morpholine rings is 1. The molecule has 1 aromatic carbocycles. The molecule has 1 saturated heterocycles. The Bertz CT molecular complexity index is 455. The van der Waals surface area contributed by atoms with Crippen LogP contribution in [-0.4, -0.2) is 68.0 Å². The average molecular weight is 345 g/mol. The van der Waals surface area contributed by atoms with Gasteiger partial charge in [-0.2, -0.15) is 0 Å². The highest BCUT2D eigenvalue weighted by atomic mass is 35.5. The number of carbonyl (C=O) groups is 1. The predicted molar refractivity (Wildman–Crippen MR) is 89.6 cm³/mol. The number of nitrogens with zero attached hydrogens (tertiary/aromatic N) is 1. The van der Waals surface area contributed by atoms with Gasteiger partial charge in [0.1, 0.15) is 6.10 Å². The number of hydrogen-bond acceptors (Lipinski definition) is 5. The lowest BCUT2D eigenvalue weighted by molar-refractivity contribution is -0.145. The Morgan fingerprint density at radius 3 is 2.87 bits per heavy atom. The first-order valence-electron chi connectivity index (χ1n) is 7.54. The zero-order valence-corrected chi connectivity index (χ0v) is 14.1. The Morgan fingerprint density at radius 2 is 2.22 bits per heavy atom. The normalized spacial score (nSPS) is 18.8. The maximum absolute atomic E-state index is 12.1. The summed E-state index contributed by atoms with van der Waals surface area (Å²) in [5.74, 6) is -0.116. The average Bonchev–Trinajstić information content (AvgIpc) is 2.56. The SMILES string of the molecule is CN(CC(O)COCc1ccccc1)C(=O)C1CNCCO1.Cl. The van der Waals surface area contributed by atoms with Crippen LogP contribution in [0.3, 0.4) is 0 Å². The Hall–Kier alpha value is -1.18. The van der Waals surface area contributed by atoms with Gasteiger partial charge >= 0.3 is 0 Å². The van der Waals surface area contributed by atoms with Gasteiger partial charge in [-0.1, -0.05) is 30.3 Å². The van der Waals surface area contributed by atoms with Crippen molar-refractivity contribution < 1.29 is 19.4 Å². The van der Waals surface area contributed by atoms with E-state index in [-0.39, 0.29) is 31.5 Å². The van der Waals surface area contributed by atoms with E-state index in [0.29, 0.717) is 19.8 Å². The van der Waals surface area contributed by atoms with Gasteiger partial charge in [0.25, 0.3) is 5.91 Å². The highest BCUT2D eigenvalue weighted by Gasteiger charge is 2.25. The zero-order valence-electron chi connectivity index (χ0n) is 13.3. The van der Waals surface area contributed by atoms with E-state index in [0.717, 1.165) is 12.1 Å². The van der Waals surface area contributed by atoms with E-state index in [1.807, 2.05) is 30.3 Å². The zero-order chi connectivity index (χ0) is 15.8. The van der Waals surface area contributed by atoms with Crippen LogP contribution >= 0.6 is 12.4 Å². The van der Waals surface area contributed by atoms with Crippen LogP contribution in [0.1, 0.15) is 5.56 Å². The number of rotatable bonds is 7. The molecular weight excluding hydrogens is 320 g/mol. The third kappa shape index (κ3) is 6.85. The van der Waals surface area contributed by atoms with Crippen LogP contribution in [0.2, 0.25) is 0 Å². The summed E-state index contributed by atoms with van der Waals surface area (Å²) in [5.41, 5.74) is 1.06. The summed E-state index contributed by atoms with van der Waals surface area (Å²) in [6.45, 7) is 2.69. The van der Waals surface area contributed by atoms with Gasteiger partial charge in [0.2, 0.25) is 0 Å². The number of halogens is 1. The number of benzene rings is 1. The lowest BCUT2D eigenvalue weighted by atomic mass is 10.2. The highest BCUT2D eigenvalue weighted by Crippen LogP contribution is 2.04. The second-order valence-electron chi connectivity index (χ2n) is 5.44. The van der Waals surface area contributed by atoms with Gasteiger partial charge < -0.3 is 24.8 Å². The lowest BCUT2D eigenvalue weighted by Gasteiger charge is -2.28. The van der Waals surface area contributed by atoms with Crippen molar-refractivity contribution in [2.24, 2.45) is 0 Å². The van der Waals surface area contributed by atoms with E-state index in [1.165, 1.54) is 4.90 Å². The number of ether oxygens (including phenoxy) is 2. The summed E-state index contributed by atoms with van der Waals surface area (Å²) in [6, 6.07) is 9.77. The van der Waals surface area contributed by atoms with Crippen molar-refractivity contribution in [3.63, 3.8) is 0 Å². The smallest absolute Gasteiger partial charge is 0.252 e. The molecular formula is C16H25ClN2O4. The number of likely N-dealkylation sites (N-methyl/N-ethyl adjacent to an activating group) is 1. The number of aliphatic hydroxyl groups is 1. The van der Waals surface area contributed by atoms with E-state index in [2.05, 4.69) is 5.32 Å². The molecule has 1 aliphatic rings. The molecule has 1 heterocycles. The first kappa shape index (κ1) is 19.9. The van der Waals surface area contributed by atoms with Crippen LogP contribution in [0.4, 0.5) is 0 Å². The monoisotopic (exact) mass is 344 g/mol. The quantitative estimate of drug-likeness (QED) is 0.750. The summed E-state index contributed by atoms with van der Waals surface area (Å²) < 4.78 is 10.9. The molecule has 1 aliphatic heterocycles. The molecule has 6 nitrogen and oxygen atoms in total. The second kappa shape index (κ2) is 10.6. The molecule has 0 aliphatic carbocycles. The fourth-order valence-electron chi connectivity index (χ4n) is 2.32. The molecule has 1 aromatic rings. The minimum absolute atomic E-state index is 0. The van der Waals surface area contributed by atoms with Crippen LogP contribution < -0.4 is 5.32 Å². The number of carbonyl (C=O) groups excluding carboxylic acids is 1. The first-order chi connectivity index (χ1) is 10.7. The van der Waals surface area contributed by atoms with Crippen molar-refractivity contribution in [3.8, 4) is 0 Å². The van der Waals surface area contributed by atoms with Crippen LogP contribution in [0, 0.1) is 0 Å².